The Morgan fingerprint density at radius 2 is 1.85 bits per heavy atom. The second-order valence-corrected chi connectivity index (χ2v) is 20.1. The third-order valence-corrected chi connectivity index (χ3v) is 16.3. The summed E-state index contributed by atoms with van der Waals surface area (Å²) in [6.45, 7) is 15.6. The monoisotopic (exact) mass is 570 g/mol. The average molecular weight is 571 g/mol. The van der Waals surface area contributed by atoms with E-state index in [-0.39, 0.29) is 16.0 Å². The quantitative estimate of drug-likeness (QED) is 0.310. The Balaban J connectivity index is 1.77. The van der Waals surface area contributed by atoms with Gasteiger partial charge in [-0.2, -0.15) is 5.26 Å². The number of urea groups is 1. The van der Waals surface area contributed by atoms with Crippen LogP contribution in [0.15, 0.2) is 31.9 Å². The van der Waals surface area contributed by atoms with E-state index in [0.29, 0.717) is 17.0 Å². The Hall–Kier alpha value is -2.61. The maximum absolute atomic E-state index is 14.5. The molecular weight excluding hydrogens is 528 g/mol. The van der Waals surface area contributed by atoms with Crippen LogP contribution in [0.3, 0.4) is 0 Å². The number of carbonyl (C=O) groups is 1. The van der Waals surface area contributed by atoms with Crippen molar-refractivity contribution in [3.05, 3.63) is 46.2 Å². The lowest BCUT2D eigenvalue weighted by atomic mass is 9.88. The number of nitrogens with one attached hydrogen (secondary N) is 2. The topological polar surface area (TPSA) is 128 Å². The van der Waals surface area contributed by atoms with Gasteiger partial charge in [-0.3, -0.25) is 4.03 Å². The fraction of sp³-hybridized carbons (Fsp3) is 0.586. The van der Waals surface area contributed by atoms with E-state index in [9.17, 15) is 19.4 Å². The zero-order valence-corrected chi connectivity index (χ0v) is 26.2. The molecule has 212 valence electrons. The van der Waals surface area contributed by atoms with Gasteiger partial charge in [0, 0.05) is 17.3 Å². The van der Waals surface area contributed by atoms with Crippen molar-refractivity contribution in [2.75, 3.05) is 5.32 Å². The second-order valence-electron chi connectivity index (χ2n) is 13.1. The number of furan rings is 1. The summed E-state index contributed by atoms with van der Waals surface area (Å²) in [7, 11) is -6.07. The first-order valence-electron chi connectivity index (χ1n) is 13.7. The van der Waals surface area contributed by atoms with E-state index in [0.717, 1.165) is 54.5 Å². The number of benzene rings is 1. The molecule has 1 aromatic carbocycles. The smallest absolute Gasteiger partial charge is 0.332 e. The summed E-state index contributed by atoms with van der Waals surface area (Å²) in [5.41, 5.74) is 3.60. The molecule has 8 nitrogen and oxygen atoms in total. The van der Waals surface area contributed by atoms with Gasteiger partial charge >= 0.3 is 6.03 Å². The molecule has 1 fully saturated rings. The molecule has 0 spiro atoms. The normalized spacial score (nSPS) is 18.1. The molecule has 10 heteroatoms. The van der Waals surface area contributed by atoms with Crippen LogP contribution in [-0.2, 0) is 28.4 Å². The lowest BCUT2D eigenvalue weighted by Gasteiger charge is -2.33. The van der Waals surface area contributed by atoms with Crippen molar-refractivity contribution < 1.29 is 18.5 Å². The van der Waals surface area contributed by atoms with E-state index in [4.69, 9.17) is 8.45 Å². The molecule has 2 aliphatic carbocycles. The van der Waals surface area contributed by atoms with Gasteiger partial charge < -0.3 is 14.8 Å². The lowest BCUT2D eigenvalue weighted by Crippen LogP contribution is -2.41. The van der Waals surface area contributed by atoms with Crippen molar-refractivity contribution >= 4 is 29.9 Å². The van der Waals surface area contributed by atoms with Gasteiger partial charge in [-0.1, -0.05) is 27.7 Å². The molecule has 0 saturated heterocycles. The summed E-state index contributed by atoms with van der Waals surface area (Å²) in [5, 5.41) is 23.1. The van der Waals surface area contributed by atoms with Crippen molar-refractivity contribution in [2.45, 2.75) is 108 Å². The van der Waals surface area contributed by atoms with Crippen LogP contribution in [0.2, 0.25) is 18.1 Å². The molecule has 2 atom stereocenters. The highest BCUT2D eigenvalue weighted by Gasteiger charge is 2.39. The molecule has 0 bridgehead atoms. The van der Waals surface area contributed by atoms with Gasteiger partial charge in [-0.15, -0.1) is 0 Å². The van der Waals surface area contributed by atoms with Crippen LogP contribution in [0.4, 0.5) is 10.5 Å². The summed E-state index contributed by atoms with van der Waals surface area (Å²) in [6, 6.07) is 5.17. The first-order valence-corrected chi connectivity index (χ1v) is 18.2. The molecule has 2 aliphatic rings. The summed E-state index contributed by atoms with van der Waals surface area (Å²) in [6.07, 6.45) is 6.13. The maximum atomic E-state index is 14.5. The number of rotatable bonds is 7. The highest BCUT2D eigenvalue weighted by atomic mass is 32.2. The Kier molecular flexibility index (Phi) is 7.60. The fourth-order valence-corrected chi connectivity index (χ4v) is 9.96. The number of amides is 2. The minimum absolute atomic E-state index is 0.0104. The third kappa shape index (κ3) is 5.96. The molecule has 2 aromatic rings. The van der Waals surface area contributed by atoms with Gasteiger partial charge in [0.25, 0.3) is 0 Å². The molecule has 4 rings (SSSR count). The van der Waals surface area contributed by atoms with Gasteiger partial charge in [-0.25, -0.2) is 13.7 Å². The maximum Gasteiger partial charge on any atom is 0.332 e. The van der Waals surface area contributed by atoms with Crippen molar-refractivity contribution in [1.29, 1.82) is 5.26 Å². The SMILES string of the molecule is CC(c1cc(C#N)c2c(c1NC(=O)NS(=O)(=N[Si](C)(C)C(C)(C)C)c1cc(C(C)(C)O)co1)CCC2)C1CC1. The van der Waals surface area contributed by atoms with Gasteiger partial charge in [0.1, 0.15) is 0 Å². The number of carbonyl (C=O) groups excluding carboxylic acids is 1. The van der Waals surface area contributed by atoms with Gasteiger partial charge in [0.15, 0.2) is 18.2 Å². The van der Waals surface area contributed by atoms with Crippen LogP contribution in [0.5, 0.6) is 0 Å². The molecule has 0 aliphatic heterocycles. The molecule has 1 aromatic heterocycles. The second kappa shape index (κ2) is 10.1. The van der Waals surface area contributed by atoms with Crippen LogP contribution in [0.1, 0.15) is 94.5 Å². The highest BCUT2D eigenvalue weighted by molar-refractivity contribution is 7.93. The minimum Gasteiger partial charge on any atom is -0.452 e. The number of fused-ring (bicyclic) bond motifs is 1. The van der Waals surface area contributed by atoms with Crippen LogP contribution in [0.25, 0.3) is 0 Å². The Bertz CT molecular complexity index is 1450. The van der Waals surface area contributed by atoms with E-state index in [2.05, 4.69) is 43.8 Å². The standard InChI is InChI=1S/C29H42N4O4SSi/c1-18(19-12-13-19)24-14-20(16-30)22-10-9-11-23(22)26(24)31-27(34)32-38(36,33-39(7,8)28(2,3)4)25-15-21(17-37-25)29(5,6)35/h14-15,17-19,35H,9-13H2,1-8H3,(H2,31,32,33,34,36). The molecule has 2 amide bonds. The molecule has 1 saturated carbocycles. The number of nitriles is 1. The first kappa shape index (κ1) is 29.4. The van der Waals surface area contributed by atoms with Gasteiger partial charge in [0.2, 0.25) is 5.09 Å². The molecule has 1 heterocycles. The summed E-state index contributed by atoms with van der Waals surface area (Å²) >= 11 is 0. The zero-order chi connectivity index (χ0) is 29.0. The van der Waals surface area contributed by atoms with Crippen LogP contribution in [0, 0.1) is 17.2 Å². The largest absolute Gasteiger partial charge is 0.452 e. The van der Waals surface area contributed by atoms with E-state index in [1.807, 2.05) is 19.2 Å². The van der Waals surface area contributed by atoms with Crippen molar-refractivity contribution in [3.8, 4) is 6.07 Å². The Morgan fingerprint density at radius 3 is 2.38 bits per heavy atom. The number of hydrogen-bond acceptors (Lipinski definition) is 6. The summed E-state index contributed by atoms with van der Waals surface area (Å²) in [4.78, 5) is 13.7. The summed E-state index contributed by atoms with van der Waals surface area (Å²) in [5.74, 6) is 0.722. The molecular formula is C29H42N4O4SSi. The molecule has 2 unspecified atom stereocenters. The molecule has 3 N–H and O–H groups in total. The third-order valence-electron chi connectivity index (χ3n) is 8.59. The van der Waals surface area contributed by atoms with Crippen LogP contribution >= 0.6 is 0 Å². The Morgan fingerprint density at radius 1 is 1.21 bits per heavy atom. The van der Waals surface area contributed by atoms with E-state index in [1.165, 1.54) is 12.3 Å². The van der Waals surface area contributed by atoms with Crippen molar-refractivity contribution in [1.82, 2.24) is 4.72 Å². The molecule has 0 radical (unpaired) electrons. The van der Waals surface area contributed by atoms with Crippen molar-refractivity contribution in [3.63, 3.8) is 0 Å². The number of aliphatic hydroxyl groups is 1. The predicted octanol–water partition coefficient (Wildman–Crippen LogP) is 6.95. The Labute approximate surface area is 234 Å². The number of anilines is 1. The fourth-order valence-electron chi connectivity index (χ4n) is 4.89. The predicted molar refractivity (Wildman–Crippen MR) is 156 cm³/mol. The van der Waals surface area contributed by atoms with E-state index in [1.54, 1.807) is 13.8 Å². The lowest BCUT2D eigenvalue weighted by molar-refractivity contribution is 0.0779. The van der Waals surface area contributed by atoms with Crippen molar-refractivity contribution in [2.24, 2.45) is 9.95 Å². The number of nitrogens with zero attached hydrogens (tertiary/aromatic N) is 2. The highest BCUT2D eigenvalue weighted by Crippen LogP contribution is 2.47. The van der Waals surface area contributed by atoms with Gasteiger partial charge in [-0.05, 0) is 98.7 Å². The van der Waals surface area contributed by atoms with E-state index < -0.39 is 29.8 Å². The van der Waals surface area contributed by atoms with Crippen LogP contribution < -0.4 is 10.0 Å². The van der Waals surface area contributed by atoms with Gasteiger partial charge in [0.05, 0.1) is 23.5 Å². The zero-order valence-electron chi connectivity index (χ0n) is 24.4. The van der Waals surface area contributed by atoms with E-state index >= 15 is 0 Å². The number of hydrogen-bond donors (Lipinski definition) is 3. The average Bonchev–Trinajstić information content (AvgIpc) is 3.30. The molecule has 39 heavy (non-hydrogen) atoms. The summed E-state index contributed by atoms with van der Waals surface area (Å²) < 4.78 is 27.7. The minimum atomic E-state index is -3.54. The first-order chi connectivity index (χ1) is 18.0. The van der Waals surface area contributed by atoms with Crippen LogP contribution in [-0.4, -0.2) is 23.6 Å².